The minimum Gasteiger partial charge on any atom is -0.374 e. The minimum atomic E-state index is 0.274. The zero-order chi connectivity index (χ0) is 7.23. The van der Waals surface area contributed by atoms with Gasteiger partial charge in [0.1, 0.15) is 12.9 Å². The first kappa shape index (κ1) is 7.73. The third-order valence-electron chi connectivity index (χ3n) is 2.01. The van der Waals surface area contributed by atoms with Gasteiger partial charge >= 0.3 is 0 Å². The van der Waals surface area contributed by atoms with Crippen LogP contribution in [0, 0.1) is 5.92 Å². The van der Waals surface area contributed by atoms with Crippen LogP contribution in [0.25, 0.3) is 0 Å². The fraction of sp³-hybridized carbons (Fsp3) is 0.875. The van der Waals surface area contributed by atoms with Gasteiger partial charge in [-0.25, -0.2) is 0 Å². The summed E-state index contributed by atoms with van der Waals surface area (Å²) >= 11 is 0. The molecule has 10 heavy (non-hydrogen) atoms. The molecule has 2 heteroatoms. The van der Waals surface area contributed by atoms with E-state index in [1.54, 1.807) is 0 Å². The third-order valence-corrected chi connectivity index (χ3v) is 2.01. The van der Waals surface area contributed by atoms with Crippen molar-refractivity contribution in [3.63, 3.8) is 0 Å². The van der Waals surface area contributed by atoms with Crippen LogP contribution in [0.4, 0.5) is 0 Å². The molecule has 1 fully saturated rings. The van der Waals surface area contributed by atoms with Gasteiger partial charge in [-0.15, -0.1) is 0 Å². The number of ether oxygens (including phenoxy) is 1. The van der Waals surface area contributed by atoms with Gasteiger partial charge < -0.3 is 9.53 Å². The molecule has 0 radical (unpaired) electrons. The number of aldehydes is 1. The lowest BCUT2D eigenvalue weighted by Gasteiger charge is -2.06. The van der Waals surface area contributed by atoms with Crippen LogP contribution < -0.4 is 0 Å². The van der Waals surface area contributed by atoms with Crippen molar-refractivity contribution in [2.24, 2.45) is 5.92 Å². The van der Waals surface area contributed by atoms with Gasteiger partial charge in [0.15, 0.2) is 0 Å². The molecule has 2 nitrogen and oxygen atoms in total. The van der Waals surface area contributed by atoms with Crippen molar-refractivity contribution in [2.45, 2.75) is 25.7 Å². The predicted octanol–water partition coefficient (Wildman–Crippen LogP) is 1.39. The topological polar surface area (TPSA) is 26.3 Å². The van der Waals surface area contributed by atoms with E-state index in [9.17, 15) is 4.79 Å². The highest BCUT2D eigenvalue weighted by atomic mass is 16.5. The summed E-state index contributed by atoms with van der Waals surface area (Å²) in [7, 11) is 0. The summed E-state index contributed by atoms with van der Waals surface area (Å²) in [5, 5.41) is 0. The first-order valence-electron chi connectivity index (χ1n) is 3.95. The Balaban J connectivity index is 1.96. The Morgan fingerprint density at radius 2 is 2.10 bits per heavy atom. The van der Waals surface area contributed by atoms with Gasteiger partial charge in [-0.3, -0.25) is 0 Å². The van der Waals surface area contributed by atoms with Gasteiger partial charge in [-0.2, -0.15) is 0 Å². The molecule has 0 bridgehead atoms. The maximum atomic E-state index is 9.85. The summed E-state index contributed by atoms with van der Waals surface area (Å²) < 4.78 is 5.10. The number of hydrogen-bond acceptors (Lipinski definition) is 2. The molecular weight excluding hydrogens is 128 g/mol. The van der Waals surface area contributed by atoms with Crippen LogP contribution in [0.2, 0.25) is 0 Å². The van der Waals surface area contributed by atoms with E-state index >= 15 is 0 Å². The Morgan fingerprint density at radius 3 is 2.70 bits per heavy atom. The van der Waals surface area contributed by atoms with E-state index in [0.717, 1.165) is 18.8 Å². The first-order valence-corrected chi connectivity index (χ1v) is 3.95. The molecule has 0 atom stereocenters. The van der Waals surface area contributed by atoms with E-state index in [2.05, 4.69) is 0 Å². The maximum absolute atomic E-state index is 9.85. The van der Waals surface area contributed by atoms with Gasteiger partial charge in [0.25, 0.3) is 0 Å². The molecule has 0 aromatic carbocycles. The van der Waals surface area contributed by atoms with Crippen LogP contribution >= 0.6 is 0 Å². The smallest absolute Gasteiger partial charge is 0.145 e. The highest BCUT2D eigenvalue weighted by molar-refractivity contribution is 5.50. The number of carbonyl (C=O) groups excluding carboxylic acids is 1. The van der Waals surface area contributed by atoms with Crippen molar-refractivity contribution >= 4 is 6.29 Å². The molecule has 1 rings (SSSR count). The van der Waals surface area contributed by atoms with Crippen molar-refractivity contribution in [1.82, 2.24) is 0 Å². The second kappa shape index (κ2) is 4.45. The summed E-state index contributed by atoms with van der Waals surface area (Å²) in [6.45, 7) is 1.06. The average Bonchev–Trinajstić information content (AvgIpc) is 2.41. The summed E-state index contributed by atoms with van der Waals surface area (Å²) in [6.07, 6.45) is 6.08. The molecule has 0 unspecified atom stereocenters. The Kier molecular flexibility index (Phi) is 3.44. The lowest BCUT2D eigenvalue weighted by atomic mass is 10.1. The van der Waals surface area contributed by atoms with Gasteiger partial charge in [-0.1, -0.05) is 12.8 Å². The second-order valence-electron chi connectivity index (χ2n) is 2.85. The number of hydrogen-bond donors (Lipinski definition) is 0. The molecule has 0 N–H and O–H groups in total. The predicted molar refractivity (Wildman–Crippen MR) is 38.8 cm³/mol. The molecule has 1 saturated carbocycles. The fourth-order valence-electron chi connectivity index (χ4n) is 1.46. The van der Waals surface area contributed by atoms with Crippen LogP contribution in [-0.2, 0) is 9.53 Å². The molecule has 0 amide bonds. The molecular formula is C8H14O2. The Morgan fingerprint density at radius 1 is 1.40 bits per heavy atom. The van der Waals surface area contributed by atoms with Crippen molar-refractivity contribution in [3.05, 3.63) is 0 Å². The quantitative estimate of drug-likeness (QED) is 0.438. The molecule has 0 aromatic heterocycles. The molecule has 0 saturated heterocycles. The molecule has 0 heterocycles. The minimum absolute atomic E-state index is 0.274. The van der Waals surface area contributed by atoms with E-state index < -0.39 is 0 Å². The van der Waals surface area contributed by atoms with Crippen LogP contribution in [0.5, 0.6) is 0 Å². The van der Waals surface area contributed by atoms with Gasteiger partial charge in [0.2, 0.25) is 0 Å². The van der Waals surface area contributed by atoms with E-state index in [-0.39, 0.29) is 6.61 Å². The lowest BCUT2D eigenvalue weighted by molar-refractivity contribution is -0.112. The Bertz CT molecular complexity index is 95.4. The van der Waals surface area contributed by atoms with Gasteiger partial charge in [-0.05, 0) is 18.8 Å². The highest BCUT2D eigenvalue weighted by Crippen LogP contribution is 2.24. The van der Waals surface area contributed by atoms with Crippen molar-refractivity contribution in [1.29, 1.82) is 0 Å². The Labute approximate surface area is 61.6 Å². The zero-order valence-electron chi connectivity index (χ0n) is 6.21. The lowest BCUT2D eigenvalue weighted by Crippen LogP contribution is -2.06. The zero-order valence-corrected chi connectivity index (χ0v) is 6.21. The van der Waals surface area contributed by atoms with Crippen molar-refractivity contribution in [2.75, 3.05) is 13.2 Å². The maximum Gasteiger partial charge on any atom is 0.145 e. The highest BCUT2D eigenvalue weighted by Gasteiger charge is 2.14. The van der Waals surface area contributed by atoms with Gasteiger partial charge in [0, 0.05) is 6.61 Å². The molecule has 0 spiro atoms. The summed E-state index contributed by atoms with van der Waals surface area (Å²) in [4.78, 5) is 9.85. The van der Waals surface area contributed by atoms with E-state index in [1.807, 2.05) is 0 Å². The largest absolute Gasteiger partial charge is 0.374 e. The van der Waals surface area contributed by atoms with Crippen LogP contribution in [-0.4, -0.2) is 19.5 Å². The summed E-state index contributed by atoms with van der Waals surface area (Å²) in [6, 6.07) is 0. The van der Waals surface area contributed by atoms with Crippen LogP contribution in [0.1, 0.15) is 25.7 Å². The SMILES string of the molecule is O=CCOCC1CCCC1. The van der Waals surface area contributed by atoms with Crippen LogP contribution in [0.3, 0.4) is 0 Å². The van der Waals surface area contributed by atoms with Crippen molar-refractivity contribution < 1.29 is 9.53 Å². The fourth-order valence-corrected chi connectivity index (χ4v) is 1.46. The Hall–Kier alpha value is -0.370. The molecule has 1 aliphatic rings. The van der Waals surface area contributed by atoms with E-state index in [1.165, 1.54) is 25.7 Å². The number of carbonyl (C=O) groups is 1. The molecule has 0 aliphatic heterocycles. The first-order chi connectivity index (χ1) is 4.93. The molecule has 58 valence electrons. The van der Waals surface area contributed by atoms with Crippen molar-refractivity contribution in [3.8, 4) is 0 Å². The number of rotatable bonds is 4. The third kappa shape index (κ3) is 2.48. The average molecular weight is 142 g/mol. The normalized spacial score (nSPS) is 19.6. The summed E-state index contributed by atoms with van der Waals surface area (Å²) in [5.74, 6) is 0.736. The van der Waals surface area contributed by atoms with Crippen LogP contribution in [0.15, 0.2) is 0 Å². The monoisotopic (exact) mass is 142 g/mol. The second-order valence-corrected chi connectivity index (χ2v) is 2.85. The van der Waals surface area contributed by atoms with E-state index in [0.29, 0.717) is 0 Å². The molecule has 0 aromatic rings. The van der Waals surface area contributed by atoms with E-state index in [4.69, 9.17) is 4.74 Å². The standard InChI is InChI=1S/C8H14O2/c9-5-6-10-7-8-3-1-2-4-8/h5,8H,1-4,6-7H2. The molecule has 1 aliphatic carbocycles. The van der Waals surface area contributed by atoms with Gasteiger partial charge in [0.05, 0.1) is 0 Å². The summed E-state index contributed by atoms with van der Waals surface area (Å²) in [5.41, 5.74) is 0.